The smallest absolute Gasteiger partial charge is 0.224 e. The highest BCUT2D eigenvalue weighted by atomic mass is 32.1. The summed E-state index contributed by atoms with van der Waals surface area (Å²) in [6.45, 7) is 5.70. The molecule has 0 bridgehead atoms. The quantitative estimate of drug-likeness (QED) is 0.727. The lowest BCUT2D eigenvalue weighted by atomic mass is 9.97. The van der Waals surface area contributed by atoms with Gasteiger partial charge in [-0.3, -0.25) is 9.36 Å². The summed E-state index contributed by atoms with van der Waals surface area (Å²) in [7, 11) is 0. The Labute approximate surface area is 152 Å². The number of carbonyl (C=O) groups is 1. The Balaban J connectivity index is 1.51. The predicted molar refractivity (Wildman–Crippen MR) is 98.3 cm³/mol. The lowest BCUT2D eigenvalue weighted by molar-refractivity contribution is -0.125. The van der Waals surface area contributed by atoms with Gasteiger partial charge in [0.05, 0.1) is 5.92 Å². The van der Waals surface area contributed by atoms with Crippen LogP contribution in [0.3, 0.4) is 0 Å². The van der Waals surface area contributed by atoms with Gasteiger partial charge in [-0.05, 0) is 38.3 Å². The molecule has 1 fully saturated rings. The van der Waals surface area contributed by atoms with Crippen LogP contribution in [-0.2, 0) is 9.53 Å². The molecule has 1 aliphatic heterocycles. The van der Waals surface area contributed by atoms with Crippen molar-refractivity contribution in [2.75, 3.05) is 37.7 Å². The molecule has 0 saturated carbocycles. The maximum Gasteiger partial charge on any atom is 0.224 e. The number of piperidine rings is 1. The molecule has 1 aliphatic rings. The topological polar surface area (TPSA) is 72.3 Å². The molecule has 1 atom stereocenters. The first-order valence-corrected chi connectivity index (χ1v) is 9.67. The number of aromatic nitrogens is 3. The average molecular weight is 363 g/mol. The molecule has 0 aliphatic carbocycles. The standard InChI is InChI=1S/C17H25N5O2S/c1-2-24-12-6-8-18-15(23)14-7-5-11-22(13-14)17-20-19-16(25-17)21-9-3-4-10-21/h3-4,9-10,14H,2,5-8,11-13H2,1H3,(H,18,23)/t14-/m1/s1. The summed E-state index contributed by atoms with van der Waals surface area (Å²) in [6.07, 6.45) is 6.69. The molecular formula is C17H25N5O2S. The first kappa shape index (κ1) is 17.9. The minimum absolute atomic E-state index is 0.0137. The minimum Gasteiger partial charge on any atom is -0.382 e. The molecule has 8 heteroatoms. The molecule has 1 N–H and O–H groups in total. The zero-order valence-electron chi connectivity index (χ0n) is 14.6. The fourth-order valence-corrected chi connectivity index (χ4v) is 3.79. The van der Waals surface area contributed by atoms with Crippen molar-refractivity contribution < 1.29 is 9.53 Å². The van der Waals surface area contributed by atoms with E-state index in [1.54, 1.807) is 11.3 Å². The van der Waals surface area contributed by atoms with E-state index in [0.29, 0.717) is 19.7 Å². The van der Waals surface area contributed by atoms with Crippen molar-refractivity contribution in [2.45, 2.75) is 26.2 Å². The molecule has 1 amide bonds. The molecule has 136 valence electrons. The summed E-state index contributed by atoms with van der Waals surface area (Å²) in [5.74, 6) is 0.149. The second-order valence-corrected chi connectivity index (χ2v) is 7.02. The Hall–Kier alpha value is -1.93. The number of nitrogens with one attached hydrogen (secondary N) is 1. The van der Waals surface area contributed by atoms with Crippen molar-refractivity contribution in [3.05, 3.63) is 24.5 Å². The zero-order valence-corrected chi connectivity index (χ0v) is 15.4. The highest BCUT2D eigenvalue weighted by Gasteiger charge is 2.27. The van der Waals surface area contributed by atoms with Crippen LogP contribution < -0.4 is 10.2 Å². The number of amides is 1. The van der Waals surface area contributed by atoms with Crippen molar-refractivity contribution in [1.29, 1.82) is 0 Å². The highest BCUT2D eigenvalue weighted by Crippen LogP contribution is 2.27. The second kappa shape index (κ2) is 8.96. The largest absolute Gasteiger partial charge is 0.382 e. The fourth-order valence-electron chi connectivity index (χ4n) is 2.94. The minimum atomic E-state index is 0.0137. The van der Waals surface area contributed by atoms with Crippen LogP contribution in [0.1, 0.15) is 26.2 Å². The number of anilines is 1. The van der Waals surface area contributed by atoms with E-state index < -0.39 is 0 Å². The first-order chi connectivity index (χ1) is 12.3. The normalized spacial score (nSPS) is 17.6. The third kappa shape index (κ3) is 4.79. The summed E-state index contributed by atoms with van der Waals surface area (Å²) >= 11 is 1.56. The molecule has 1 saturated heterocycles. The number of hydrogen-bond acceptors (Lipinski definition) is 6. The molecule has 3 heterocycles. The van der Waals surface area contributed by atoms with E-state index in [1.807, 2.05) is 36.0 Å². The monoisotopic (exact) mass is 363 g/mol. The number of hydrogen-bond donors (Lipinski definition) is 1. The number of nitrogens with zero attached hydrogens (tertiary/aromatic N) is 4. The van der Waals surface area contributed by atoms with Crippen molar-refractivity contribution >= 4 is 22.4 Å². The summed E-state index contributed by atoms with van der Waals surface area (Å²) < 4.78 is 7.25. The molecule has 7 nitrogen and oxygen atoms in total. The van der Waals surface area contributed by atoms with Gasteiger partial charge in [-0.25, -0.2) is 0 Å². The van der Waals surface area contributed by atoms with Gasteiger partial charge in [0.1, 0.15) is 0 Å². The van der Waals surface area contributed by atoms with Crippen molar-refractivity contribution in [3.63, 3.8) is 0 Å². The van der Waals surface area contributed by atoms with Crippen LogP contribution >= 0.6 is 11.3 Å². The van der Waals surface area contributed by atoms with Crippen LogP contribution in [0.25, 0.3) is 5.13 Å². The summed E-state index contributed by atoms with van der Waals surface area (Å²) in [5, 5.41) is 13.3. The van der Waals surface area contributed by atoms with Gasteiger partial charge in [0, 0.05) is 45.2 Å². The number of rotatable bonds is 8. The van der Waals surface area contributed by atoms with E-state index in [1.165, 1.54) is 0 Å². The van der Waals surface area contributed by atoms with Crippen LogP contribution in [0, 0.1) is 5.92 Å². The molecule has 2 aromatic rings. The van der Waals surface area contributed by atoms with Gasteiger partial charge in [-0.1, -0.05) is 11.3 Å². The molecule has 0 radical (unpaired) electrons. The van der Waals surface area contributed by atoms with Gasteiger partial charge in [0.15, 0.2) is 0 Å². The lowest BCUT2D eigenvalue weighted by Crippen LogP contribution is -2.43. The lowest BCUT2D eigenvalue weighted by Gasteiger charge is -2.31. The van der Waals surface area contributed by atoms with Crippen LogP contribution in [-0.4, -0.2) is 53.5 Å². The SMILES string of the molecule is CCOCCCNC(=O)[C@@H]1CCCN(c2nnc(-n3cccc3)s2)C1. The molecule has 3 rings (SSSR count). The highest BCUT2D eigenvalue weighted by molar-refractivity contribution is 7.17. The third-order valence-electron chi connectivity index (χ3n) is 4.26. The van der Waals surface area contributed by atoms with E-state index in [0.717, 1.165) is 42.7 Å². The molecule has 25 heavy (non-hydrogen) atoms. The van der Waals surface area contributed by atoms with Gasteiger partial charge in [-0.15, -0.1) is 10.2 Å². The Kier molecular flexibility index (Phi) is 6.41. The van der Waals surface area contributed by atoms with E-state index in [9.17, 15) is 4.79 Å². The number of ether oxygens (including phenoxy) is 1. The van der Waals surface area contributed by atoms with Gasteiger partial charge in [0.2, 0.25) is 16.2 Å². The van der Waals surface area contributed by atoms with Crippen molar-refractivity contribution in [2.24, 2.45) is 5.92 Å². The predicted octanol–water partition coefficient (Wildman–Crippen LogP) is 2.09. The Morgan fingerprint density at radius 3 is 2.96 bits per heavy atom. The molecule has 0 aromatic carbocycles. The Morgan fingerprint density at radius 2 is 2.16 bits per heavy atom. The van der Waals surface area contributed by atoms with Gasteiger partial charge in [-0.2, -0.15) is 0 Å². The average Bonchev–Trinajstić information content (AvgIpc) is 3.33. The van der Waals surface area contributed by atoms with E-state index in [2.05, 4.69) is 20.4 Å². The van der Waals surface area contributed by atoms with Crippen molar-refractivity contribution in [1.82, 2.24) is 20.1 Å². The summed E-state index contributed by atoms with van der Waals surface area (Å²) in [6, 6.07) is 3.93. The Morgan fingerprint density at radius 1 is 1.36 bits per heavy atom. The molecule has 0 unspecified atom stereocenters. The maximum absolute atomic E-state index is 12.4. The summed E-state index contributed by atoms with van der Waals surface area (Å²) in [4.78, 5) is 14.6. The second-order valence-electron chi connectivity index (χ2n) is 6.08. The maximum atomic E-state index is 12.4. The zero-order chi connectivity index (χ0) is 17.5. The van der Waals surface area contributed by atoms with E-state index in [-0.39, 0.29) is 11.8 Å². The van der Waals surface area contributed by atoms with E-state index >= 15 is 0 Å². The van der Waals surface area contributed by atoms with Gasteiger partial charge < -0.3 is 15.0 Å². The molecular weight excluding hydrogens is 338 g/mol. The van der Waals surface area contributed by atoms with Crippen LogP contribution in [0.15, 0.2) is 24.5 Å². The number of carbonyl (C=O) groups excluding carboxylic acids is 1. The van der Waals surface area contributed by atoms with Gasteiger partial charge >= 0.3 is 0 Å². The van der Waals surface area contributed by atoms with Crippen LogP contribution in [0.4, 0.5) is 5.13 Å². The van der Waals surface area contributed by atoms with Crippen molar-refractivity contribution in [3.8, 4) is 5.13 Å². The third-order valence-corrected chi connectivity index (χ3v) is 5.26. The first-order valence-electron chi connectivity index (χ1n) is 8.85. The fraction of sp³-hybridized carbons (Fsp3) is 0.588. The summed E-state index contributed by atoms with van der Waals surface area (Å²) in [5.41, 5.74) is 0. The van der Waals surface area contributed by atoms with Crippen LogP contribution in [0.2, 0.25) is 0 Å². The van der Waals surface area contributed by atoms with Crippen LogP contribution in [0.5, 0.6) is 0 Å². The van der Waals surface area contributed by atoms with Gasteiger partial charge in [0.25, 0.3) is 0 Å². The molecule has 0 spiro atoms. The molecule has 2 aromatic heterocycles. The van der Waals surface area contributed by atoms with E-state index in [4.69, 9.17) is 4.74 Å². The Bertz CT molecular complexity index is 658.